The van der Waals surface area contributed by atoms with Crippen molar-refractivity contribution in [1.82, 2.24) is 9.62 Å². The van der Waals surface area contributed by atoms with Gasteiger partial charge in [0.05, 0.1) is 14.2 Å². The molecule has 26 heavy (non-hydrogen) atoms. The molecule has 0 radical (unpaired) electrons. The van der Waals surface area contributed by atoms with Crippen molar-refractivity contribution in [3.63, 3.8) is 0 Å². The van der Waals surface area contributed by atoms with Gasteiger partial charge in [-0.1, -0.05) is 23.7 Å². The van der Waals surface area contributed by atoms with Crippen LogP contribution in [0.15, 0.2) is 47.4 Å². The van der Waals surface area contributed by atoms with Crippen LogP contribution in [0.4, 0.5) is 0 Å². The van der Waals surface area contributed by atoms with Gasteiger partial charge in [0.2, 0.25) is 10.0 Å². The molecule has 2 aromatic carbocycles. The summed E-state index contributed by atoms with van der Waals surface area (Å²) in [6, 6.07) is 11.8. The predicted octanol–water partition coefficient (Wildman–Crippen LogP) is 2.94. The van der Waals surface area contributed by atoms with Gasteiger partial charge in [0.15, 0.2) is 0 Å². The summed E-state index contributed by atoms with van der Waals surface area (Å²) < 4.78 is 38.5. The largest absolute Gasteiger partial charge is 0.497 e. The molecule has 2 rings (SSSR count). The van der Waals surface area contributed by atoms with Crippen LogP contribution in [-0.2, 0) is 10.0 Å². The molecule has 0 fully saturated rings. The SMILES string of the molecule is COc1ccc(S(=O)(=O)NCC(c2cccc(Cl)c2)N(C)C)c(OC)c1. The van der Waals surface area contributed by atoms with Crippen molar-refractivity contribution in [1.29, 1.82) is 0 Å². The van der Waals surface area contributed by atoms with Crippen molar-refractivity contribution in [2.24, 2.45) is 0 Å². The number of methoxy groups -OCH3 is 2. The number of rotatable bonds is 8. The van der Waals surface area contributed by atoms with E-state index in [9.17, 15) is 8.42 Å². The molecular formula is C18H23ClN2O4S. The molecule has 0 spiro atoms. The minimum atomic E-state index is -3.76. The van der Waals surface area contributed by atoms with Crippen LogP contribution in [0.1, 0.15) is 11.6 Å². The van der Waals surface area contributed by atoms with Crippen LogP contribution in [0.25, 0.3) is 0 Å². The molecule has 1 atom stereocenters. The number of nitrogens with zero attached hydrogens (tertiary/aromatic N) is 1. The summed E-state index contributed by atoms with van der Waals surface area (Å²) >= 11 is 6.06. The molecule has 0 aliphatic carbocycles. The summed E-state index contributed by atoms with van der Waals surface area (Å²) in [7, 11) is 2.93. The number of hydrogen-bond donors (Lipinski definition) is 1. The van der Waals surface area contributed by atoms with Crippen LogP contribution in [0.2, 0.25) is 5.02 Å². The van der Waals surface area contributed by atoms with E-state index in [-0.39, 0.29) is 23.2 Å². The Kier molecular flexibility index (Phi) is 6.88. The van der Waals surface area contributed by atoms with Gasteiger partial charge in [-0.15, -0.1) is 0 Å². The van der Waals surface area contributed by atoms with Crippen LogP contribution in [-0.4, -0.2) is 48.2 Å². The highest BCUT2D eigenvalue weighted by Crippen LogP contribution is 2.29. The molecule has 1 N–H and O–H groups in total. The van der Waals surface area contributed by atoms with Crippen molar-refractivity contribution in [3.05, 3.63) is 53.1 Å². The topological polar surface area (TPSA) is 67.9 Å². The first kappa shape index (κ1) is 20.5. The molecule has 0 saturated heterocycles. The molecule has 1 unspecified atom stereocenters. The van der Waals surface area contributed by atoms with E-state index in [0.29, 0.717) is 10.8 Å². The van der Waals surface area contributed by atoms with E-state index in [2.05, 4.69) is 4.72 Å². The molecule has 0 aliphatic rings. The maximum atomic E-state index is 12.8. The third-order valence-electron chi connectivity index (χ3n) is 3.98. The van der Waals surface area contributed by atoms with Gasteiger partial charge in [-0.3, -0.25) is 0 Å². The number of nitrogens with one attached hydrogen (secondary N) is 1. The first-order valence-electron chi connectivity index (χ1n) is 7.92. The Hall–Kier alpha value is -1.80. The summed E-state index contributed by atoms with van der Waals surface area (Å²) in [4.78, 5) is 1.99. The zero-order valence-corrected chi connectivity index (χ0v) is 16.8. The molecule has 0 aliphatic heterocycles. The Balaban J connectivity index is 2.25. The molecule has 0 heterocycles. The summed E-state index contributed by atoms with van der Waals surface area (Å²) in [6.45, 7) is 0.185. The van der Waals surface area contributed by atoms with Gasteiger partial charge >= 0.3 is 0 Å². The summed E-state index contributed by atoms with van der Waals surface area (Å²) in [5, 5.41) is 0.606. The average Bonchev–Trinajstić information content (AvgIpc) is 2.61. The summed E-state index contributed by atoms with van der Waals surface area (Å²) in [5.74, 6) is 0.743. The number of sulfonamides is 1. The van der Waals surface area contributed by atoms with Crippen molar-refractivity contribution in [2.45, 2.75) is 10.9 Å². The number of benzene rings is 2. The number of likely N-dealkylation sites (N-methyl/N-ethyl adjacent to an activating group) is 1. The monoisotopic (exact) mass is 398 g/mol. The number of halogens is 1. The third-order valence-corrected chi connectivity index (χ3v) is 5.68. The minimum Gasteiger partial charge on any atom is -0.497 e. The van der Waals surface area contributed by atoms with Crippen LogP contribution in [0.3, 0.4) is 0 Å². The number of ether oxygens (including phenoxy) is 2. The lowest BCUT2D eigenvalue weighted by molar-refractivity contribution is 0.299. The van der Waals surface area contributed by atoms with Gasteiger partial charge in [0.1, 0.15) is 16.4 Å². The maximum Gasteiger partial charge on any atom is 0.244 e. The Morgan fingerprint density at radius 2 is 1.85 bits per heavy atom. The zero-order valence-electron chi connectivity index (χ0n) is 15.2. The second-order valence-electron chi connectivity index (χ2n) is 5.90. The van der Waals surface area contributed by atoms with Crippen LogP contribution < -0.4 is 14.2 Å². The molecule has 142 valence electrons. The smallest absolute Gasteiger partial charge is 0.244 e. The summed E-state index contributed by atoms with van der Waals surface area (Å²) in [5.41, 5.74) is 0.923. The van der Waals surface area contributed by atoms with Gasteiger partial charge in [-0.2, -0.15) is 0 Å². The van der Waals surface area contributed by atoms with Gasteiger partial charge in [0.25, 0.3) is 0 Å². The van der Waals surface area contributed by atoms with Gasteiger partial charge < -0.3 is 14.4 Å². The highest BCUT2D eigenvalue weighted by Gasteiger charge is 2.23. The third kappa shape index (κ3) is 4.88. The lowest BCUT2D eigenvalue weighted by Gasteiger charge is -2.25. The summed E-state index contributed by atoms with van der Waals surface area (Å²) in [6.07, 6.45) is 0. The van der Waals surface area contributed by atoms with E-state index < -0.39 is 10.0 Å². The maximum absolute atomic E-state index is 12.8. The fourth-order valence-corrected chi connectivity index (χ4v) is 3.96. The zero-order chi connectivity index (χ0) is 19.3. The van der Waals surface area contributed by atoms with E-state index in [0.717, 1.165) is 5.56 Å². The average molecular weight is 399 g/mol. The number of hydrogen-bond acceptors (Lipinski definition) is 5. The van der Waals surface area contributed by atoms with Crippen molar-refractivity contribution >= 4 is 21.6 Å². The fourth-order valence-electron chi connectivity index (χ4n) is 2.58. The highest BCUT2D eigenvalue weighted by atomic mass is 35.5. The Morgan fingerprint density at radius 1 is 1.12 bits per heavy atom. The van der Waals surface area contributed by atoms with E-state index in [1.165, 1.54) is 26.4 Å². The van der Waals surface area contributed by atoms with E-state index in [4.69, 9.17) is 21.1 Å². The molecule has 6 nitrogen and oxygen atoms in total. The lowest BCUT2D eigenvalue weighted by Crippen LogP contribution is -2.34. The molecule has 0 amide bonds. The van der Waals surface area contributed by atoms with Crippen molar-refractivity contribution < 1.29 is 17.9 Å². The van der Waals surface area contributed by atoms with E-state index in [1.54, 1.807) is 12.1 Å². The quantitative estimate of drug-likeness (QED) is 0.740. The normalized spacial score (nSPS) is 12.8. The van der Waals surface area contributed by atoms with Crippen LogP contribution in [0.5, 0.6) is 11.5 Å². The molecule has 0 bridgehead atoms. The Labute approximate surface area is 159 Å². The molecule has 2 aromatic rings. The van der Waals surface area contributed by atoms with Gasteiger partial charge in [0, 0.05) is 23.7 Å². The first-order valence-corrected chi connectivity index (χ1v) is 9.78. The second kappa shape index (κ2) is 8.73. The Morgan fingerprint density at radius 3 is 2.42 bits per heavy atom. The predicted molar refractivity (Wildman–Crippen MR) is 103 cm³/mol. The van der Waals surface area contributed by atoms with E-state index in [1.807, 2.05) is 37.2 Å². The fraction of sp³-hybridized carbons (Fsp3) is 0.333. The van der Waals surface area contributed by atoms with Crippen molar-refractivity contribution in [2.75, 3.05) is 34.9 Å². The van der Waals surface area contributed by atoms with Crippen molar-refractivity contribution in [3.8, 4) is 11.5 Å². The van der Waals surface area contributed by atoms with Crippen LogP contribution in [0, 0.1) is 0 Å². The molecule has 8 heteroatoms. The first-order chi connectivity index (χ1) is 12.3. The molecule has 0 saturated carbocycles. The van der Waals surface area contributed by atoms with Crippen LogP contribution >= 0.6 is 11.6 Å². The Bertz CT molecular complexity index is 856. The van der Waals surface area contributed by atoms with Gasteiger partial charge in [-0.25, -0.2) is 13.1 Å². The lowest BCUT2D eigenvalue weighted by atomic mass is 10.1. The molecular weight excluding hydrogens is 376 g/mol. The van der Waals surface area contributed by atoms with Gasteiger partial charge in [-0.05, 0) is 43.9 Å². The standard InChI is InChI=1S/C18H23ClN2O4S/c1-21(2)16(13-6-5-7-14(19)10-13)12-20-26(22,23)18-9-8-15(24-3)11-17(18)25-4/h5-11,16,20H,12H2,1-4H3. The minimum absolute atomic E-state index is 0.0596. The molecule has 0 aromatic heterocycles. The second-order valence-corrected chi connectivity index (χ2v) is 8.07. The highest BCUT2D eigenvalue weighted by molar-refractivity contribution is 7.89. The van der Waals surface area contributed by atoms with E-state index >= 15 is 0 Å².